The average Bonchev–Trinajstić information content (AvgIpc) is 3.25. The van der Waals surface area contributed by atoms with Crippen LogP contribution in [-0.4, -0.2) is 51.0 Å². The van der Waals surface area contributed by atoms with E-state index in [1.807, 2.05) is 0 Å². The van der Waals surface area contributed by atoms with E-state index in [1.54, 1.807) is 47.0 Å². The first kappa shape index (κ1) is 20.8. The van der Waals surface area contributed by atoms with Crippen LogP contribution in [0.3, 0.4) is 0 Å². The molecule has 0 N–H and O–H groups in total. The zero-order chi connectivity index (χ0) is 21.3. The Morgan fingerprint density at radius 2 is 1.70 bits per heavy atom. The molecule has 0 aliphatic carbocycles. The van der Waals surface area contributed by atoms with E-state index in [0.717, 1.165) is 16.4 Å². The molecule has 8 heteroatoms. The van der Waals surface area contributed by atoms with E-state index in [2.05, 4.69) is 42.3 Å². The van der Waals surface area contributed by atoms with Crippen molar-refractivity contribution in [2.75, 3.05) is 38.2 Å². The number of anilines is 1. The fourth-order valence-electron chi connectivity index (χ4n) is 3.56. The molecule has 1 aliphatic heterocycles. The SMILES string of the molecule is COc1ccc(S(=O)(=O)N2CCN(c3nc(-c4cc(C)ccc4C)cs3)CC2)cc1. The molecule has 1 aliphatic rings. The molecular formula is C22H25N3O3S2. The van der Waals surface area contributed by atoms with Crippen LogP contribution in [0.15, 0.2) is 52.7 Å². The number of sulfonamides is 1. The van der Waals surface area contributed by atoms with Crippen molar-refractivity contribution in [3.05, 3.63) is 59.0 Å². The molecule has 1 fully saturated rings. The highest BCUT2D eigenvalue weighted by atomic mass is 32.2. The molecule has 0 amide bonds. The fourth-order valence-corrected chi connectivity index (χ4v) is 5.86. The molecule has 0 unspecified atom stereocenters. The lowest BCUT2D eigenvalue weighted by Gasteiger charge is -2.33. The summed E-state index contributed by atoms with van der Waals surface area (Å²) in [5.74, 6) is 0.641. The van der Waals surface area contributed by atoms with Gasteiger partial charge in [-0.25, -0.2) is 13.4 Å². The van der Waals surface area contributed by atoms with Gasteiger partial charge >= 0.3 is 0 Å². The summed E-state index contributed by atoms with van der Waals surface area (Å²) in [6.45, 7) is 6.29. The van der Waals surface area contributed by atoms with Gasteiger partial charge in [-0.05, 0) is 49.7 Å². The summed E-state index contributed by atoms with van der Waals surface area (Å²) >= 11 is 1.61. The maximum absolute atomic E-state index is 12.9. The van der Waals surface area contributed by atoms with Crippen molar-refractivity contribution in [3.8, 4) is 17.0 Å². The molecule has 0 spiro atoms. The molecule has 2 aromatic carbocycles. The molecule has 2 heterocycles. The number of nitrogens with zero attached hydrogens (tertiary/aromatic N) is 3. The molecule has 3 aromatic rings. The molecule has 0 bridgehead atoms. The molecule has 30 heavy (non-hydrogen) atoms. The number of methoxy groups -OCH3 is 1. The van der Waals surface area contributed by atoms with Gasteiger partial charge in [-0.1, -0.05) is 17.7 Å². The minimum Gasteiger partial charge on any atom is -0.497 e. The van der Waals surface area contributed by atoms with Crippen LogP contribution >= 0.6 is 11.3 Å². The van der Waals surface area contributed by atoms with E-state index in [-0.39, 0.29) is 0 Å². The number of ether oxygens (including phenoxy) is 1. The Morgan fingerprint density at radius 3 is 2.37 bits per heavy atom. The van der Waals surface area contributed by atoms with Crippen LogP contribution in [0, 0.1) is 13.8 Å². The lowest BCUT2D eigenvalue weighted by Crippen LogP contribution is -2.48. The first-order valence-electron chi connectivity index (χ1n) is 9.81. The summed E-state index contributed by atoms with van der Waals surface area (Å²) in [5.41, 5.74) is 4.54. The normalized spacial score (nSPS) is 15.4. The van der Waals surface area contributed by atoms with Crippen molar-refractivity contribution in [2.24, 2.45) is 0 Å². The fraction of sp³-hybridized carbons (Fsp3) is 0.318. The molecule has 4 rings (SSSR count). The van der Waals surface area contributed by atoms with E-state index in [9.17, 15) is 8.42 Å². The third-order valence-corrected chi connectivity index (χ3v) is 8.18. The van der Waals surface area contributed by atoms with Crippen molar-refractivity contribution in [1.82, 2.24) is 9.29 Å². The summed E-state index contributed by atoms with van der Waals surface area (Å²) in [4.78, 5) is 7.29. The number of aromatic nitrogens is 1. The molecule has 0 radical (unpaired) electrons. The van der Waals surface area contributed by atoms with Gasteiger partial charge in [0.2, 0.25) is 10.0 Å². The lowest BCUT2D eigenvalue weighted by molar-refractivity contribution is 0.384. The number of thiazole rings is 1. The molecular weight excluding hydrogens is 418 g/mol. The Kier molecular flexibility index (Phi) is 5.81. The third-order valence-electron chi connectivity index (χ3n) is 5.37. The van der Waals surface area contributed by atoms with Crippen LogP contribution in [0.25, 0.3) is 11.3 Å². The zero-order valence-electron chi connectivity index (χ0n) is 17.3. The monoisotopic (exact) mass is 443 g/mol. The molecule has 158 valence electrons. The summed E-state index contributed by atoms with van der Waals surface area (Å²) < 4.78 is 32.5. The second-order valence-electron chi connectivity index (χ2n) is 7.40. The standard InChI is InChI=1S/C22H25N3O3S2/c1-16-4-5-17(2)20(14-16)21-15-29-22(23-21)24-10-12-25(13-11-24)30(26,27)19-8-6-18(28-3)7-9-19/h4-9,14-15H,10-13H2,1-3H3. The van der Waals surface area contributed by atoms with E-state index in [0.29, 0.717) is 36.8 Å². The minimum absolute atomic E-state index is 0.295. The molecule has 0 atom stereocenters. The van der Waals surface area contributed by atoms with Gasteiger partial charge in [0.1, 0.15) is 5.75 Å². The van der Waals surface area contributed by atoms with Crippen molar-refractivity contribution in [3.63, 3.8) is 0 Å². The van der Waals surface area contributed by atoms with Crippen molar-refractivity contribution in [2.45, 2.75) is 18.7 Å². The maximum Gasteiger partial charge on any atom is 0.243 e. The highest BCUT2D eigenvalue weighted by molar-refractivity contribution is 7.89. The molecule has 1 aromatic heterocycles. The second-order valence-corrected chi connectivity index (χ2v) is 10.2. The van der Waals surface area contributed by atoms with Gasteiger partial charge in [-0.3, -0.25) is 0 Å². The van der Waals surface area contributed by atoms with Crippen molar-refractivity contribution >= 4 is 26.5 Å². The Bertz CT molecular complexity index is 1130. The Hall–Kier alpha value is -2.42. The summed E-state index contributed by atoms with van der Waals surface area (Å²) in [5, 5.41) is 3.02. The topological polar surface area (TPSA) is 62.7 Å². The summed E-state index contributed by atoms with van der Waals surface area (Å²) in [7, 11) is -1.94. The highest BCUT2D eigenvalue weighted by Crippen LogP contribution is 2.31. The van der Waals surface area contributed by atoms with E-state index < -0.39 is 10.0 Å². The van der Waals surface area contributed by atoms with Crippen molar-refractivity contribution in [1.29, 1.82) is 0 Å². The molecule has 6 nitrogen and oxygen atoms in total. The average molecular weight is 444 g/mol. The summed E-state index contributed by atoms with van der Waals surface area (Å²) in [6.07, 6.45) is 0. The maximum atomic E-state index is 12.9. The number of aryl methyl sites for hydroxylation is 2. The first-order valence-corrected chi connectivity index (χ1v) is 12.1. The van der Waals surface area contributed by atoms with Gasteiger partial charge in [-0.15, -0.1) is 11.3 Å². The highest BCUT2D eigenvalue weighted by Gasteiger charge is 2.29. The number of rotatable bonds is 5. The predicted molar refractivity (Wildman–Crippen MR) is 121 cm³/mol. The van der Waals surface area contributed by atoms with Crippen LogP contribution in [0.5, 0.6) is 5.75 Å². The van der Waals surface area contributed by atoms with Gasteiger partial charge in [-0.2, -0.15) is 4.31 Å². The van der Waals surface area contributed by atoms with Gasteiger partial charge in [0.05, 0.1) is 17.7 Å². The number of piperazine rings is 1. The number of hydrogen-bond acceptors (Lipinski definition) is 6. The van der Waals surface area contributed by atoms with Crippen molar-refractivity contribution < 1.29 is 13.2 Å². The Morgan fingerprint density at radius 1 is 1.00 bits per heavy atom. The zero-order valence-corrected chi connectivity index (χ0v) is 19.0. The van der Waals surface area contributed by atoms with Gasteiger partial charge in [0.15, 0.2) is 5.13 Å². The molecule has 1 saturated heterocycles. The van der Waals surface area contributed by atoms with Gasteiger partial charge in [0, 0.05) is 37.1 Å². The lowest BCUT2D eigenvalue weighted by atomic mass is 10.0. The van der Waals surface area contributed by atoms with Gasteiger partial charge < -0.3 is 9.64 Å². The molecule has 0 saturated carbocycles. The predicted octanol–water partition coefficient (Wildman–Crippen LogP) is 3.95. The smallest absolute Gasteiger partial charge is 0.243 e. The van der Waals surface area contributed by atoms with Gasteiger partial charge in [0.25, 0.3) is 0 Å². The van der Waals surface area contributed by atoms with Crippen LogP contribution in [0.1, 0.15) is 11.1 Å². The quantitative estimate of drug-likeness (QED) is 0.598. The Labute approximate surface area is 181 Å². The number of benzene rings is 2. The van der Waals surface area contributed by atoms with Crippen LogP contribution in [0.4, 0.5) is 5.13 Å². The Balaban J connectivity index is 1.46. The summed E-state index contributed by atoms with van der Waals surface area (Å²) in [6, 6.07) is 12.9. The second kappa shape index (κ2) is 8.37. The van der Waals surface area contributed by atoms with Crippen LogP contribution in [-0.2, 0) is 10.0 Å². The third kappa shape index (κ3) is 4.08. The largest absolute Gasteiger partial charge is 0.497 e. The van der Waals surface area contributed by atoms with Crippen LogP contribution in [0.2, 0.25) is 0 Å². The van der Waals surface area contributed by atoms with E-state index in [1.165, 1.54) is 11.1 Å². The van der Waals surface area contributed by atoms with Crippen LogP contribution < -0.4 is 9.64 Å². The van der Waals surface area contributed by atoms with E-state index in [4.69, 9.17) is 9.72 Å². The number of hydrogen-bond donors (Lipinski definition) is 0. The van der Waals surface area contributed by atoms with E-state index >= 15 is 0 Å². The first-order chi connectivity index (χ1) is 14.4. The minimum atomic E-state index is -3.51.